The molecule has 182 valence electrons. The molecule has 1 saturated heterocycles. The Morgan fingerprint density at radius 1 is 1.21 bits per heavy atom. The SMILES string of the molecule is C=C(/C=C\C(C)C)NC1CC(C)C(CC=[C-]/C=C/C2CC(CO)CCO2)CC1C.C=CC.[Na+]. The van der Waals surface area contributed by atoms with Gasteiger partial charge in [0.2, 0.25) is 0 Å². The molecule has 0 aromatic rings. The quantitative estimate of drug-likeness (QED) is 0.236. The van der Waals surface area contributed by atoms with E-state index in [1.54, 1.807) is 6.08 Å². The zero-order chi connectivity index (χ0) is 23.9. The number of rotatable bonds is 9. The number of aliphatic hydroxyl groups is 1. The molecule has 0 aromatic carbocycles. The number of hydrogen-bond donors (Lipinski definition) is 2. The summed E-state index contributed by atoms with van der Waals surface area (Å²) in [4.78, 5) is 0. The smallest absolute Gasteiger partial charge is 0.396 e. The number of aliphatic hydroxyl groups excluding tert-OH is 1. The van der Waals surface area contributed by atoms with Crippen molar-refractivity contribution in [3.8, 4) is 0 Å². The van der Waals surface area contributed by atoms with Crippen molar-refractivity contribution in [1.82, 2.24) is 5.32 Å². The van der Waals surface area contributed by atoms with Crippen molar-refractivity contribution in [2.45, 2.75) is 78.9 Å². The van der Waals surface area contributed by atoms with Crippen molar-refractivity contribution in [2.24, 2.45) is 29.6 Å². The molecular formula is C29H48NNaO2. The maximum absolute atomic E-state index is 9.31. The summed E-state index contributed by atoms with van der Waals surface area (Å²) in [5.41, 5.74) is 1.04. The first-order valence-corrected chi connectivity index (χ1v) is 12.5. The summed E-state index contributed by atoms with van der Waals surface area (Å²) in [6.07, 6.45) is 21.2. The topological polar surface area (TPSA) is 41.5 Å². The molecule has 4 heteroatoms. The molecule has 6 atom stereocenters. The molecule has 0 amide bonds. The molecule has 6 unspecified atom stereocenters. The van der Waals surface area contributed by atoms with Gasteiger partial charge in [0.05, 0.1) is 0 Å². The third-order valence-corrected chi connectivity index (χ3v) is 6.47. The molecule has 1 aliphatic carbocycles. The van der Waals surface area contributed by atoms with Crippen LogP contribution in [-0.4, -0.2) is 30.5 Å². The Kier molecular flexibility index (Phi) is 18.4. The monoisotopic (exact) mass is 465 g/mol. The number of allylic oxidation sites excluding steroid dienone is 6. The van der Waals surface area contributed by atoms with Crippen LogP contribution in [0.4, 0.5) is 0 Å². The first kappa shape index (κ1) is 32.4. The second kappa shape index (κ2) is 18.7. The van der Waals surface area contributed by atoms with Crippen LogP contribution in [0.3, 0.4) is 0 Å². The Balaban J connectivity index is 0.00000242. The van der Waals surface area contributed by atoms with Gasteiger partial charge in [-0.05, 0) is 74.7 Å². The summed E-state index contributed by atoms with van der Waals surface area (Å²) < 4.78 is 5.74. The summed E-state index contributed by atoms with van der Waals surface area (Å²) in [5, 5.41) is 13.0. The minimum absolute atomic E-state index is 0. The molecule has 0 bridgehead atoms. The van der Waals surface area contributed by atoms with Crippen LogP contribution < -0.4 is 34.9 Å². The molecular weight excluding hydrogens is 417 g/mol. The summed E-state index contributed by atoms with van der Waals surface area (Å²) in [7, 11) is 0. The third kappa shape index (κ3) is 13.8. The molecule has 2 rings (SSSR count). The maximum Gasteiger partial charge on any atom is 1.00 e. The van der Waals surface area contributed by atoms with Gasteiger partial charge in [0.1, 0.15) is 0 Å². The van der Waals surface area contributed by atoms with Gasteiger partial charge in [-0.1, -0.05) is 46.4 Å². The van der Waals surface area contributed by atoms with Crippen LogP contribution in [0.2, 0.25) is 0 Å². The number of nitrogens with one attached hydrogen (secondary N) is 1. The van der Waals surface area contributed by atoms with E-state index in [4.69, 9.17) is 4.74 Å². The maximum atomic E-state index is 9.31. The summed E-state index contributed by atoms with van der Waals surface area (Å²) >= 11 is 0. The van der Waals surface area contributed by atoms with Crippen molar-refractivity contribution in [2.75, 3.05) is 13.2 Å². The Morgan fingerprint density at radius 3 is 2.55 bits per heavy atom. The van der Waals surface area contributed by atoms with Crippen LogP contribution in [0.15, 0.2) is 55.3 Å². The van der Waals surface area contributed by atoms with Crippen LogP contribution in [0.5, 0.6) is 0 Å². The van der Waals surface area contributed by atoms with E-state index < -0.39 is 0 Å². The van der Waals surface area contributed by atoms with E-state index >= 15 is 0 Å². The van der Waals surface area contributed by atoms with Crippen LogP contribution in [0, 0.1) is 35.7 Å². The fourth-order valence-electron chi connectivity index (χ4n) is 4.47. The van der Waals surface area contributed by atoms with Gasteiger partial charge in [-0.3, -0.25) is 6.08 Å². The molecule has 2 aliphatic rings. The second-order valence-corrected chi connectivity index (χ2v) is 9.92. The number of hydrogen-bond acceptors (Lipinski definition) is 3. The second-order valence-electron chi connectivity index (χ2n) is 9.92. The molecule has 2 N–H and O–H groups in total. The van der Waals surface area contributed by atoms with E-state index in [2.05, 4.69) is 76.5 Å². The molecule has 1 aliphatic heterocycles. The number of ether oxygens (including phenoxy) is 1. The molecule has 0 spiro atoms. The Morgan fingerprint density at radius 2 is 1.91 bits per heavy atom. The van der Waals surface area contributed by atoms with E-state index in [1.807, 2.05) is 13.0 Å². The van der Waals surface area contributed by atoms with Gasteiger partial charge in [-0.2, -0.15) is 6.08 Å². The summed E-state index contributed by atoms with van der Waals surface area (Å²) in [5.74, 6) is 2.99. The summed E-state index contributed by atoms with van der Waals surface area (Å²) in [6, 6.07) is 0.515. The van der Waals surface area contributed by atoms with Crippen molar-refractivity contribution in [3.63, 3.8) is 0 Å². The van der Waals surface area contributed by atoms with Gasteiger partial charge in [0.15, 0.2) is 0 Å². The molecule has 33 heavy (non-hydrogen) atoms. The normalized spacial score (nSPS) is 30.2. The first-order chi connectivity index (χ1) is 15.3. The molecule has 0 radical (unpaired) electrons. The Hall–Kier alpha value is -0.580. The first-order valence-electron chi connectivity index (χ1n) is 12.5. The van der Waals surface area contributed by atoms with Gasteiger partial charge in [-0.25, -0.2) is 12.2 Å². The van der Waals surface area contributed by atoms with E-state index in [0.717, 1.165) is 31.6 Å². The fourth-order valence-corrected chi connectivity index (χ4v) is 4.47. The summed E-state index contributed by atoms with van der Waals surface area (Å²) in [6.45, 7) is 19.6. The van der Waals surface area contributed by atoms with Crippen molar-refractivity contribution < 1.29 is 39.4 Å². The molecule has 2 fully saturated rings. The predicted molar refractivity (Wildman–Crippen MR) is 138 cm³/mol. The Labute approximate surface area is 226 Å². The van der Waals surface area contributed by atoms with E-state index in [1.165, 1.54) is 12.8 Å². The van der Waals surface area contributed by atoms with Gasteiger partial charge < -0.3 is 15.2 Å². The van der Waals surface area contributed by atoms with Crippen molar-refractivity contribution >= 4 is 0 Å². The molecule has 1 heterocycles. The zero-order valence-corrected chi connectivity index (χ0v) is 24.2. The van der Waals surface area contributed by atoms with Gasteiger partial charge in [-0.15, -0.1) is 6.58 Å². The van der Waals surface area contributed by atoms with Gasteiger partial charge in [0, 0.05) is 31.1 Å². The standard InChI is InChI=1S/C26H42NO2.C3H6.Na/c1-19(2)11-12-22(5)27-26-16-20(3)24(15-21(26)4)9-7-6-8-10-25-17-23(18-28)13-14-29-25;1-3-2;/h7-8,10-12,19-21,23-28H,5,9,13-18H2,1-4H3;3H,1H2,2H3;/q-1;;+1/b10-8+,12-11-;;. The van der Waals surface area contributed by atoms with Crippen LogP contribution >= 0.6 is 0 Å². The molecule has 3 nitrogen and oxygen atoms in total. The van der Waals surface area contributed by atoms with Crippen LogP contribution in [0.25, 0.3) is 0 Å². The average Bonchev–Trinajstić information content (AvgIpc) is 2.76. The van der Waals surface area contributed by atoms with Gasteiger partial charge in [0.25, 0.3) is 0 Å². The van der Waals surface area contributed by atoms with E-state index in [9.17, 15) is 5.11 Å². The molecule has 1 saturated carbocycles. The largest absolute Gasteiger partial charge is 1.00 e. The molecule has 0 aromatic heterocycles. The minimum Gasteiger partial charge on any atom is -0.396 e. The van der Waals surface area contributed by atoms with Gasteiger partial charge >= 0.3 is 29.6 Å². The average molecular weight is 466 g/mol. The van der Waals surface area contributed by atoms with Crippen LogP contribution in [-0.2, 0) is 4.74 Å². The Bertz CT molecular complexity index is 625. The third-order valence-electron chi connectivity index (χ3n) is 6.47. The van der Waals surface area contributed by atoms with Crippen LogP contribution in [0.1, 0.15) is 66.7 Å². The van der Waals surface area contributed by atoms with E-state index in [-0.39, 0.29) is 42.3 Å². The van der Waals surface area contributed by atoms with Crippen molar-refractivity contribution in [3.05, 3.63) is 61.4 Å². The van der Waals surface area contributed by atoms with E-state index in [0.29, 0.717) is 35.6 Å². The predicted octanol–water partition coefficient (Wildman–Crippen LogP) is 3.64. The fraction of sp³-hybridized carbons (Fsp3) is 0.655. The zero-order valence-electron chi connectivity index (χ0n) is 22.2. The van der Waals surface area contributed by atoms with Crippen molar-refractivity contribution in [1.29, 1.82) is 0 Å². The minimum atomic E-state index is 0.